The Balaban J connectivity index is 1.14. The molecule has 0 spiro atoms. The molecular formula is C27H31ClN4O4. The molecule has 4 heterocycles. The summed E-state index contributed by atoms with van der Waals surface area (Å²) >= 11 is 6.28. The van der Waals surface area contributed by atoms with E-state index in [1.165, 1.54) is 6.42 Å². The van der Waals surface area contributed by atoms with Crippen molar-refractivity contribution in [2.24, 2.45) is 5.92 Å². The molecule has 2 saturated carbocycles. The van der Waals surface area contributed by atoms with Gasteiger partial charge in [-0.1, -0.05) is 11.6 Å². The molecule has 0 bridgehead atoms. The van der Waals surface area contributed by atoms with Crippen LogP contribution in [0.3, 0.4) is 0 Å². The third kappa shape index (κ3) is 5.51. The molecule has 36 heavy (non-hydrogen) atoms. The Kier molecular flexibility index (Phi) is 6.82. The van der Waals surface area contributed by atoms with E-state index < -0.39 is 0 Å². The molecule has 3 fully saturated rings. The van der Waals surface area contributed by atoms with E-state index in [-0.39, 0.29) is 30.3 Å². The third-order valence-electron chi connectivity index (χ3n) is 7.20. The minimum Gasteiger partial charge on any atom is -0.488 e. The molecule has 2 aliphatic carbocycles. The lowest BCUT2D eigenvalue weighted by Crippen LogP contribution is -2.33. The van der Waals surface area contributed by atoms with Crippen LogP contribution in [0.1, 0.15) is 57.8 Å². The van der Waals surface area contributed by atoms with E-state index >= 15 is 0 Å². The number of ether oxygens (including phenoxy) is 3. The van der Waals surface area contributed by atoms with E-state index in [0.717, 1.165) is 74.6 Å². The van der Waals surface area contributed by atoms with Crippen molar-refractivity contribution in [3.8, 4) is 16.9 Å². The molecule has 1 amide bonds. The summed E-state index contributed by atoms with van der Waals surface area (Å²) in [7, 11) is 0. The quantitative estimate of drug-likeness (QED) is 0.414. The summed E-state index contributed by atoms with van der Waals surface area (Å²) in [4.78, 5) is 16.4. The number of anilines is 1. The van der Waals surface area contributed by atoms with Crippen LogP contribution in [0.4, 0.5) is 5.82 Å². The van der Waals surface area contributed by atoms with Crippen LogP contribution < -0.4 is 10.1 Å². The van der Waals surface area contributed by atoms with Gasteiger partial charge < -0.3 is 19.5 Å². The summed E-state index contributed by atoms with van der Waals surface area (Å²) in [5.74, 6) is 1.45. The van der Waals surface area contributed by atoms with Gasteiger partial charge in [0.15, 0.2) is 12.1 Å². The molecule has 1 saturated heterocycles. The maximum absolute atomic E-state index is 12.1. The fourth-order valence-corrected chi connectivity index (χ4v) is 5.19. The van der Waals surface area contributed by atoms with E-state index in [9.17, 15) is 4.79 Å². The van der Waals surface area contributed by atoms with Gasteiger partial charge in [-0.15, -0.1) is 0 Å². The van der Waals surface area contributed by atoms with E-state index in [2.05, 4.69) is 15.4 Å². The van der Waals surface area contributed by atoms with Gasteiger partial charge >= 0.3 is 0 Å². The maximum atomic E-state index is 12.1. The summed E-state index contributed by atoms with van der Waals surface area (Å²) < 4.78 is 20.1. The number of nitrogens with one attached hydrogen (secondary N) is 1. The van der Waals surface area contributed by atoms with Gasteiger partial charge in [-0.3, -0.25) is 4.79 Å². The average Bonchev–Trinajstić information content (AvgIpc) is 3.67. The fraction of sp³-hybridized carbons (Fsp3) is 0.519. The first-order valence-corrected chi connectivity index (χ1v) is 13.4. The standard InChI is InChI=1S/C27H31ClN4O4/c28-24-15-22(18-10-11-32-19(13-18)14-25(31-32)30-27(33)17-4-5-17)23(16-29-24)35-20-6-8-21(9-7-20)36-26-3-1-2-12-34-26/h10-11,13-17,20-21,26H,1-9,12H2,(H,30,31,33). The van der Waals surface area contributed by atoms with Crippen LogP contribution in [-0.2, 0) is 14.3 Å². The Morgan fingerprint density at radius 3 is 2.67 bits per heavy atom. The Morgan fingerprint density at radius 1 is 1.06 bits per heavy atom. The predicted molar refractivity (Wildman–Crippen MR) is 136 cm³/mol. The average molecular weight is 511 g/mol. The normalized spacial score (nSPS) is 24.5. The number of hydrogen-bond donors (Lipinski definition) is 1. The zero-order chi connectivity index (χ0) is 24.5. The number of carbonyl (C=O) groups excluding carboxylic acids is 1. The number of aromatic nitrogens is 3. The zero-order valence-electron chi connectivity index (χ0n) is 20.2. The Hall–Kier alpha value is -2.68. The first-order valence-electron chi connectivity index (χ1n) is 13.0. The van der Waals surface area contributed by atoms with Crippen LogP contribution >= 0.6 is 11.6 Å². The molecule has 190 valence electrons. The minimum absolute atomic E-state index is 0.0432. The van der Waals surface area contributed by atoms with Crippen molar-refractivity contribution in [2.45, 2.75) is 76.3 Å². The summed E-state index contributed by atoms with van der Waals surface area (Å²) in [6.45, 7) is 0.803. The monoisotopic (exact) mass is 510 g/mol. The second-order valence-corrected chi connectivity index (χ2v) is 10.4. The SMILES string of the molecule is O=C(Nc1cc2cc(-c3cc(Cl)ncc3OC3CCC(OC4CCCCO4)CC3)ccn2n1)C1CC1. The number of pyridine rings is 2. The number of fused-ring (bicyclic) bond motifs is 1. The third-order valence-corrected chi connectivity index (χ3v) is 7.41. The smallest absolute Gasteiger partial charge is 0.228 e. The second-order valence-electron chi connectivity index (χ2n) is 10.0. The number of nitrogens with zero attached hydrogens (tertiary/aromatic N) is 3. The van der Waals surface area contributed by atoms with Crippen molar-refractivity contribution >= 4 is 28.8 Å². The van der Waals surface area contributed by atoms with Gasteiger partial charge in [0.1, 0.15) is 10.9 Å². The molecule has 1 N–H and O–H groups in total. The molecule has 3 aromatic rings. The number of carbonyl (C=O) groups is 1. The second kappa shape index (κ2) is 10.4. The highest BCUT2D eigenvalue weighted by Crippen LogP contribution is 2.36. The highest BCUT2D eigenvalue weighted by molar-refractivity contribution is 6.29. The Bertz CT molecular complexity index is 1230. The van der Waals surface area contributed by atoms with Gasteiger partial charge in [-0.05, 0) is 81.5 Å². The molecule has 1 aliphatic heterocycles. The Labute approximate surface area is 215 Å². The molecule has 1 unspecified atom stereocenters. The lowest BCUT2D eigenvalue weighted by atomic mass is 9.94. The molecule has 3 aromatic heterocycles. The van der Waals surface area contributed by atoms with Crippen molar-refractivity contribution in [1.29, 1.82) is 0 Å². The van der Waals surface area contributed by atoms with Crippen LogP contribution in [0.25, 0.3) is 16.6 Å². The minimum atomic E-state index is -0.0470. The van der Waals surface area contributed by atoms with Crippen LogP contribution in [0.15, 0.2) is 36.7 Å². The lowest BCUT2D eigenvalue weighted by Gasteiger charge is -2.33. The molecule has 9 heteroatoms. The van der Waals surface area contributed by atoms with Crippen molar-refractivity contribution in [3.63, 3.8) is 0 Å². The Morgan fingerprint density at radius 2 is 1.89 bits per heavy atom. The molecule has 8 nitrogen and oxygen atoms in total. The van der Waals surface area contributed by atoms with Crippen molar-refractivity contribution in [3.05, 3.63) is 41.8 Å². The number of hydrogen-bond acceptors (Lipinski definition) is 6. The highest BCUT2D eigenvalue weighted by atomic mass is 35.5. The summed E-state index contributed by atoms with van der Waals surface area (Å²) in [5, 5.41) is 7.80. The van der Waals surface area contributed by atoms with E-state index in [4.69, 9.17) is 25.8 Å². The van der Waals surface area contributed by atoms with Gasteiger partial charge in [-0.2, -0.15) is 5.10 Å². The van der Waals surface area contributed by atoms with E-state index in [0.29, 0.717) is 16.7 Å². The van der Waals surface area contributed by atoms with Crippen molar-refractivity contribution < 1.29 is 19.0 Å². The van der Waals surface area contributed by atoms with Gasteiger partial charge in [-0.25, -0.2) is 9.50 Å². The summed E-state index contributed by atoms with van der Waals surface area (Å²) in [6, 6.07) is 7.71. The highest BCUT2D eigenvalue weighted by Gasteiger charge is 2.30. The first-order chi connectivity index (χ1) is 17.6. The molecule has 6 rings (SSSR count). The molecular weight excluding hydrogens is 480 g/mol. The number of halogens is 1. The zero-order valence-corrected chi connectivity index (χ0v) is 21.0. The maximum Gasteiger partial charge on any atom is 0.228 e. The van der Waals surface area contributed by atoms with Crippen LogP contribution in [-0.4, -0.2) is 45.6 Å². The molecule has 1 atom stereocenters. The first kappa shape index (κ1) is 23.7. The predicted octanol–water partition coefficient (Wildman–Crippen LogP) is 5.63. The molecule has 0 aromatic carbocycles. The van der Waals surface area contributed by atoms with Crippen molar-refractivity contribution in [1.82, 2.24) is 14.6 Å². The van der Waals surface area contributed by atoms with Crippen molar-refractivity contribution in [2.75, 3.05) is 11.9 Å². The van der Waals surface area contributed by atoms with Crippen LogP contribution in [0.5, 0.6) is 5.75 Å². The van der Waals surface area contributed by atoms with E-state index in [1.807, 2.05) is 30.5 Å². The van der Waals surface area contributed by atoms with Crippen LogP contribution in [0.2, 0.25) is 5.15 Å². The fourth-order valence-electron chi connectivity index (χ4n) is 5.03. The van der Waals surface area contributed by atoms with Gasteiger partial charge in [0.2, 0.25) is 5.91 Å². The van der Waals surface area contributed by atoms with Gasteiger partial charge in [0.25, 0.3) is 0 Å². The van der Waals surface area contributed by atoms with Gasteiger partial charge in [0, 0.05) is 30.4 Å². The van der Waals surface area contributed by atoms with Gasteiger partial charge in [0.05, 0.1) is 23.9 Å². The molecule has 3 aliphatic rings. The van der Waals surface area contributed by atoms with E-state index in [1.54, 1.807) is 10.7 Å². The molecule has 0 radical (unpaired) electrons. The van der Waals surface area contributed by atoms with Crippen LogP contribution in [0, 0.1) is 5.92 Å². The summed E-state index contributed by atoms with van der Waals surface area (Å²) in [6.07, 6.45) is 12.8. The number of amides is 1. The number of rotatable bonds is 7. The lowest BCUT2D eigenvalue weighted by molar-refractivity contribution is -0.195. The summed E-state index contributed by atoms with van der Waals surface area (Å²) in [5.41, 5.74) is 2.71. The topological polar surface area (TPSA) is 87.0 Å². The largest absolute Gasteiger partial charge is 0.488 e.